The number of hydrogen-bond donors (Lipinski definition) is 2. The van der Waals surface area contributed by atoms with Crippen molar-refractivity contribution in [1.29, 1.82) is 0 Å². The fourth-order valence-corrected chi connectivity index (χ4v) is 1.62. The van der Waals surface area contributed by atoms with Gasteiger partial charge >= 0.3 is 12.2 Å². The van der Waals surface area contributed by atoms with Gasteiger partial charge in [-0.1, -0.05) is 0 Å². The number of amides is 2. The smallest absolute Gasteiger partial charge is 0.325 e. The monoisotopic (exact) mass is 259 g/mol. The van der Waals surface area contributed by atoms with E-state index in [0.717, 1.165) is 12.1 Å². The Morgan fingerprint density at radius 3 is 2.28 bits per heavy atom. The molecule has 18 heavy (non-hydrogen) atoms. The average molecular weight is 259 g/mol. The van der Waals surface area contributed by atoms with Crippen LogP contribution in [0.4, 0.5) is 23.7 Å². The van der Waals surface area contributed by atoms with E-state index in [1.165, 1.54) is 17.0 Å². The Hall–Kier alpha value is -1.76. The molecular formula is C11H12F3N3O. The lowest BCUT2D eigenvalue weighted by Crippen LogP contribution is -2.58. The fourth-order valence-electron chi connectivity index (χ4n) is 1.62. The molecule has 1 aromatic carbocycles. The lowest BCUT2D eigenvalue weighted by atomic mass is 10.1. The standard InChI is InChI=1S/C11H12F3N3O/c12-11(13,14)7-1-3-9(4-2-7)16-10(18)17-5-8(15)6-17/h1-4,8H,5-6,15H2,(H,16,18). The number of hydrogen-bond acceptors (Lipinski definition) is 2. The Morgan fingerprint density at radius 1 is 1.28 bits per heavy atom. The normalized spacial score (nSPS) is 16.3. The third kappa shape index (κ3) is 2.73. The van der Waals surface area contributed by atoms with Crippen molar-refractivity contribution >= 4 is 11.7 Å². The van der Waals surface area contributed by atoms with Crippen molar-refractivity contribution in [2.75, 3.05) is 18.4 Å². The Kier molecular flexibility index (Phi) is 3.16. The van der Waals surface area contributed by atoms with Gasteiger partial charge in [0.05, 0.1) is 5.56 Å². The second-order valence-corrected chi connectivity index (χ2v) is 4.17. The maximum Gasteiger partial charge on any atom is 0.416 e. The zero-order valence-electron chi connectivity index (χ0n) is 9.37. The second kappa shape index (κ2) is 4.49. The summed E-state index contributed by atoms with van der Waals surface area (Å²) in [6.45, 7) is 0.930. The molecular weight excluding hydrogens is 247 g/mol. The van der Waals surface area contributed by atoms with Gasteiger partial charge in [-0.25, -0.2) is 4.79 Å². The fraction of sp³-hybridized carbons (Fsp3) is 0.364. The third-order valence-corrected chi connectivity index (χ3v) is 2.66. The predicted octanol–water partition coefficient (Wildman–Crippen LogP) is 1.88. The van der Waals surface area contributed by atoms with E-state index in [9.17, 15) is 18.0 Å². The third-order valence-electron chi connectivity index (χ3n) is 2.66. The van der Waals surface area contributed by atoms with Crippen LogP contribution in [0.1, 0.15) is 5.56 Å². The van der Waals surface area contributed by atoms with Crippen LogP contribution in [0.3, 0.4) is 0 Å². The minimum absolute atomic E-state index is 0.0108. The molecule has 1 heterocycles. The highest BCUT2D eigenvalue weighted by Gasteiger charge is 2.30. The molecule has 0 unspecified atom stereocenters. The second-order valence-electron chi connectivity index (χ2n) is 4.17. The maximum absolute atomic E-state index is 12.3. The van der Waals surface area contributed by atoms with E-state index >= 15 is 0 Å². The zero-order valence-corrected chi connectivity index (χ0v) is 9.37. The van der Waals surface area contributed by atoms with Gasteiger partial charge in [-0.05, 0) is 24.3 Å². The Morgan fingerprint density at radius 2 is 1.83 bits per heavy atom. The number of halogens is 3. The molecule has 1 aliphatic rings. The van der Waals surface area contributed by atoms with Crippen LogP contribution in [0.25, 0.3) is 0 Å². The number of alkyl halides is 3. The van der Waals surface area contributed by atoms with Crippen molar-refractivity contribution in [1.82, 2.24) is 4.90 Å². The summed E-state index contributed by atoms with van der Waals surface area (Å²) in [7, 11) is 0. The van der Waals surface area contributed by atoms with Gasteiger partial charge in [-0.3, -0.25) is 0 Å². The summed E-state index contributed by atoms with van der Waals surface area (Å²) in [5.41, 5.74) is 5.10. The van der Waals surface area contributed by atoms with Gasteiger partial charge in [0.2, 0.25) is 0 Å². The van der Waals surface area contributed by atoms with Gasteiger partial charge in [-0.15, -0.1) is 0 Å². The van der Waals surface area contributed by atoms with Gasteiger partial charge in [0.1, 0.15) is 0 Å². The summed E-state index contributed by atoms with van der Waals surface area (Å²) in [6.07, 6.45) is -4.37. The van der Waals surface area contributed by atoms with E-state index in [-0.39, 0.29) is 12.1 Å². The molecule has 4 nitrogen and oxygen atoms in total. The topological polar surface area (TPSA) is 58.4 Å². The van der Waals surface area contributed by atoms with E-state index in [2.05, 4.69) is 5.32 Å². The molecule has 1 aliphatic heterocycles. The molecule has 0 spiro atoms. The number of urea groups is 1. The highest BCUT2D eigenvalue weighted by atomic mass is 19.4. The summed E-state index contributed by atoms with van der Waals surface area (Å²) in [4.78, 5) is 13.0. The summed E-state index contributed by atoms with van der Waals surface area (Å²) in [5.74, 6) is 0. The van der Waals surface area contributed by atoms with Crippen LogP contribution in [0, 0.1) is 0 Å². The number of nitrogens with zero attached hydrogens (tertiary/aromatic N) is 1. The van der Waals surface area contributed by atoms with E-state index < -0.39 is 11.7 Å². The van der Waals surface area contributed by atoms with E-state index in [1.54, 1.807) is 0 Å². The molecule has 3 N–H and O–H groups in total. The first-order valence-electron chi connectivity index (χ1n) is 5.35. The summed E-state index contributed by atoms with van der Waals surface area (Å²) < 4.78 is 36.9. The average Bonchev–Trinajstić information content (AvgIpc) is 2.24. The van der Waals surface area contributed by atoms with Crippen LogP contribution in [-0.2, 0) is 6.18 Å². The number of benzene rings is 1. The number of likely N-dealkylation sites (tertiary alicyclic amines) is 1. The minimum atomic E-state index is -4.37. The number of carbonyl (C=O) groups excluding carboxylic acids is 1. The van der Waals surface area contributed by atoms with Crippen molar-refractivity contribution in [3.63, 3.8) is 0 Å². The minimum Gasteiger partial charge on any atom is -0.325 e. The number of nitrogens with one attached hydrogen (secondary N) is 1. The van der Waals surface area contributed by atoms with Crippen molar-refractivity contribution < 1.29 is 18.0 Å². The lowest BCUT2D eigenvalue weighted by molar-refractivity contribution is -0.137. The molecule has 98 valence electrons. The van der Waals surface area contributed by atoms with Gasteiger partial charge in [-0.2, -0.15) is 13.2 Å². The van der Waals surface area contributed by atoms with Crippen LogP contribution >= 0.6 is 0 Å². The molecule has 0 saturated carbocycles. The van der Waals surface area contributed by atoms with Crippen molar-refractivity contribution in [2.24, 2.45) is 5.73 Å². The Labute approximate surface area is 102 Å². The lowest BCUT2D eigenvalue weighted by Gasteiger charge is -2.36. The number of nitrogens with two attached hydrogens (primary N) is 1. The maximum atomic E-state index is 12.3. The molecule has 0 aliphatic carbocycles. The molecule has 2 amide bonds. The molecule has 0 atom stereocenters. The zero-order chi connectivity index (χ0) is 13.3. The molecule has 7 heteroatoms. The summed E-state index contributed by atoms with van der Waals surface area (Å²) in [6, 6.07) is 3.94. The van der Waals surface area contributed by atoms with Gasteiger partial charge in [0.15, 0.2) is 0 Å². The highest BCUT2D eigenvalue weighted by molar-refractivity contribution is 5.89. The van der Waals surface area contributed by atoms with Gasteiger partial charge < -0.3 is 16.0 Å². The molecule has 0 bridgehead atoms. The molecule has 2 rings (SSSR count). The quantitative estimate of drug-likeness (QED) is 0.809. The Bertz CT molecular complexity index is 438. The summed E-state index contributed by atoms with van der Waals surface area (Å²) >= 11 is 0. The van der Waals surface area contributed by atoms with Gasteiger partial charge in [0, 0.05) is 24.8 Å². The first-order chi connectivity index (χ1) is 8.36. The molecule has 0 aromatic heterocycles. The van der Waals surface area contributed by atoms with Crippen molar-refractivity contribution in [3.05, 3.63) is 29.8 Å². The molecule has 1 fully saturated rings. The first-order valence-corrected chi connectivity index (χ1v) is 5.35. The molecule has 1 aromatic rings. The van der Waals surface area contributed by atoms with Crippen LogP contribution < -0.4 is 11.1 Å². The van der Waals surface area contributed by atoms with E-state index in [4.69, 9.17) is 5.73 Å². The van der Waals surface area contributed by atoms with Crippen LogP contribution in [0.5, 0.6) is 0 Å². The van der Waals surface area contributed by atoms with Crippen molar-refractivity contribution in [2.45, 2.75) is 12.2 Å². The number of carbonyl (C=O) groups is 1. The van der Waals surface area contributed by atoms with Crippen LogP contribution in [0.15, 0.2) is 24.3 Å². The Balaban J connectivity index is 1.96. The molecule has 1 saturated heterocycles. The van der Waals surface area contributed by atoms with Gasteiger partial charge in [0.25, 0.3) is 0 Å². The first kappa shape index (κ1) is 12.7. The van der Waals surface area contributed by atoms with E-state index in [0.29, 0.717) is 18.8 Å². The predicted molar refractivity (Wildman–Crippen MR) is 60.0 cm³/mol. The molecule has 0 radical (unpaired) electrons. The summed E-state index contributed by atoms with van der Waals surface area (Å²) in [5, 5.41) is 2.51. The van der Waals surface area contributed by atoms with Crippen LogP contribution in [0.2, 0.25) is 0 Å². The SMILES string of the molecule is NC1CN(C(=O)Nc2ccc(C(F)(F)F)cc2)C1. The largest absolute Gasteiger partial charge is 0.416 e. The van der Waals surface area contributed by atoms with Crippen LogP contribution in [-0.4, -0.2) is 30.1 Å². The van der Waals surface area contributed by atoms with Crippen molar-refractivity contribution in [3.8, 4) is 0 Å². The number of anilines is 1. The highest BCUT2D eigenvalue weighted by Crippen LogP contribution is 2.29. The van der Waals surface area contributed by atoms with E-state index in [1.807, 2.05) is 0 Å². The number of rotatable bonds is 1.